The van der Waals surface area contributed by atoms with Crippen LogP contribution in [0.2, 0.25) is 0 Å². The van der Waals surface area contributed by atoms with E-state index in [0.29, 0.717) is 11.0 Å². The van der Waals surface area contributed by atoms with Crippen molar-refractivity contribution in [3.8, 4) is 11.4 Å². The van der Waals surface area contributed by atoms with E-state index in [9.17, 15) is 9.59 Å². The third-order valence-electron chi connectivity index (χ3n) is 3.96. The largest absolute Gasteiger partial charge is 0.469 e. The quantitative estimate of drug-likeness (QED) is 0.655. The van der Waals surface area contributed by atoms with Gasteiger partial charge in [-0.05, 0) is 18.6 Å². The minimum Gasteiger partial charge on any atom is -0.469 e. The number of nitrogens with one attached hydrogen (secondary N) is 2. The highest BCUT2D eigenvalue weighted by Crippen LogP contribution is 2.36. The molecule has 2 N–H and O–H groups in total. The van der Waals surface area contributed by atoms with Gasteiger partial charge in [0.05, 0.1) is 11.8 Å². The van der Waals surface area contributed by atoms with Crippen molar-refractivity contribution in [2.45, 2.75) is 17.3 Å². The molecule has 2 heterocycles. The van der Waals surface area contributed by atoms with Crippen molar-refractivity contribution in [3.63, 3.8) is 0 Å². The molecule has 0 aliphatic heterocycles. The third-order valence-corrected chi connectivity index (χ3v) is 5.25. The zero-order valence-corrected chi connectivity index (χ0v) is 15.9. The molecule has 3 amide bonds. The maximum atomic E-state index is 12.7. The van der Waals surface area contributed by atoms with Gasteiger partial charge in [0.1, 0.15) is 11.0 Å². The van der Waals surface area contributed by atoms with Crippen LogP contribution >= 0.6 is 11.8 Å². The number of nitrogens with zero attached hydrogens (tertiary/aromatic N) is 3. The maximum absolute atomic E-state index is 12.7. The molecule has 2 aromatic heterocycles. The van der Waals surface area contributed by atoms with Crippen LogP contribution in [0.4, 0.5) is 4.79 Å². The van der Waals surface area contributed by atoms with Crippen LogP contribution in [0.1, 0.15) is 16.6 Å². The Morgan fingerprint density at radius 1 is 1.19 bits per heavy atom. The average Bonchev–Trinajstić information content (AvgIpc) is 3.25. The number of amides is 3. The Morgan fingerprint density at radius 3 is 2.56 bits per heavy atom. The minimum absolute atomic E-state index is 0.436. The molecule has 27 heavy (non-hydrogen) atoms. The van der Waals surface area contributed by atoms with Gasteiger partial charge in [0, 0.05) is 14.1 Å². The standard InChI is InChI=1S/C18H19N5O3S/c1-11-13(9-10-26-11)15-21-22-18(23(15)3)27-14(12-7-5-4-6-8-12)16(24)20-17(25)19-2/h4-10,14H,1-3H3,(H2,19,20,24,25)/t14-/m0/s1. The SMILES string of the molecule is CNC(=O)NC(=O)[C@@H](Sc1nnc(-c2ccoc2C)n1C)c1ccccc1. The summed E-state index contributed by atoms with van der Waals surface area (Å²) >= 11 is 1.22. The fraction of sp³-hybridized carbons (Fsp3) is 0.222. The zero-order valence-electron chi connectivity index (χ0n) is 15.1. The van der Waals surface area contributed by atoms with Crippen molar-refractivity contribution in [1.29, 1.82) is 0 Å². The van der Waals surface area contributed by atoms with Crippen LogP contribution in [0.25, 0.3) is 11.4 Å². The van der Waals surface area contributed by atoms with Crippen molar-refractivity contribution in [3.05, 3.63) is 54.0 Å². The van der Waals surface area contributed by atoms with E-state index in [1.165, 1.54) is 18.8 Å². The molecule has 0 saturated heterocycles. The minimum atomic E-state index is -0.662. The van der Waals surface area contributed by atoms with E-state index in [0.717, 1.165) is 16.9 Å². The molecule has 0 saturated carbocycles. The number of carbonyl (C=O) groups excluding carboxylic acids is 2. The van der Waals surface area contributed by atoms with Crippen molar-refractivity contribution in [2.75, 3.05) is 7.05 Å². The van der Waals surface area contributed by atoms with E-state index in [-0.39, 0.29) is 0 Å². The van der Waals surface area contributed by atoms with Gasteiger partial charge in [-0.2, -0.15) is 0 Å². The number of hydrogen-bond donors (Lipinski definition) is 2. The number of aryl methyl sites for hydroxylation is 1. The summed E-state index contributed by atoms with van der Waals surface area (Å²) in [5, 5.41) is 13.0. The number of furan rings is 1. The molecular weight excluding hydrogens is 366 g/mol. The van der Waals surface area contributed by atoms with Gasteiger partial charge in [-0.25, -0.2) is 4.79 Å². The van der Waals surface area contributed by atoms with Gasteiger partial charge >= 0.3 is 6.03 Å². The van der Waals surface area contributed by atoms with Gasteiger partial charge in [-0.1, -0.05) is 42.1 Å². The van der Waals surface area contributed by atoms with Crippen LogP contribution in [-0.2, 0) is 11.8 Å². The normalized spacial score (nSPS) is 11.8. The summed E-state index contributed by atoms with van der Waals surface area (Å²) in [7, 11) is 3.28. The Morgan fingerprint density at radius 2 is 1.93 bits per heavy atom. The number of rotatable bonds is 5. The first-order chi connectivity index (χ1) is 13.0. The number of hydrogen-bond acceptors (Lipinski definition) is 6. The lowest BCUT2D eigenvalue weighted by Crippen LogP contribution is -2.39. The van der Waals surface area contributed by atoms with Gasteiger partial charge in [-0.15, -0.1) is 10.2 Å². The summed E-state index contributed by atoms with van der Waals surface area (Å²) in [4.78, 5) is 24.2. The van der Waals surface area contributed by atoms with Crippen LogP contribution < -0.4 is 10.6 Å². The second-order valence-corrected chi connectivity index (χ2v) is 6.80. The summed E-state index contributed by atoms with van der Waals surface area (Å²) in [5.41, 5.74) is 1.59. The highest BCUT2D eigenvalue weighted by molar-refractivity contribution is 8.00. The van der Waals surface area contributed by atoms with E-state index in [1.54, 1.807) is 10.8 Å². The van der Waals surface area contributed by atoms with Crippen molar-refractivity contribution >= 4 is 23.7 Å². The van der Waals surface area contributed by atoms with Gasteiger partial charge in [0.2, 0.25) is 5.91 Å². The Hall–Kier alpha value is -3.07. The summed E-state index contributed by atoms with van der Waals surface area (Å²) < 4.78 is 7.13. The lowest BCUT2D eigenvalue weighted by Gasteiger charge is -2.15. The van der Waals surface area contributed by atoms with Gasteiger partial charge < -0.3 is 14.3 Å². The molecule has 0 aliphatic carbocycles. The molecule has 140 valence electrons. The average molecular weight is 385 g/mol. The topological polar surface area (TPSA) is 102 Å². The fourth-order valence-electron chi connectivity index (χ4n) is 2.52. The third kappa shape index (κ3) is 4.03. The lowest BCUT2D eigenvalue weighted by molar-refractivity contribution is -0.119. The smallest absolute Gasteiger partial charge is 0.321 e. The molecule has 0 unspecified atom stereocenters. The number of thioether (sulfide) groups is 1. The summed E-state index contributed by atoms with van der Waals surface area (Å²) in [6, 6.07) is 10.5. The Kier molecular flexibility index (Phi) is 5.60. The predicted octanol–water partition coefficient (Wildman–Crippen LogP) is 2.67. The molecule has 0 bridgehead atoms. The monoisotopic (exact) mass is 385 g/mol. The molecule has 8 nitrogen and oxygen atoms in total. The predicted molar refractivity (Wildman–Crippen MR) is 101 cm³/mol. The number of urea groups is 1. The number of imide groups is 1. The van der Waals surface area contributed by atoms with Crippen molar-refractivity contribution in [1.82, 2.24) is 25.4 Å². The molecule has 3 rings (SSSR count). The Labute approximate surface area is 160 Å². The van der Waals surface area contributed by atoms with Gasteiger partial charge in [-0.3, -0.25) is 10.1 Å². The van der Waals surface area contributed by atoms with Crippen LogP contribution in [-0.4, -0.2) is 33.8 Å². The van der Waals surface area contributed by atoms with Crippen LogP contribution in [0, 0.1) is 6.92 Å². The first-order valence-corrected chi connectivity index (χ1v) is 9.07. The summed E-state index contributed by atoms with van der Waals surface area (Å²) in [6.45, 7) is 1.85. The summed E-state index contributed by atoms with van der Waals surface area (Å²) in [6.07, 6.45) is 1.59. The van der Waals surface area contributed by atoms with E-state index in [1.807, 2.05) is 50.4 Å². The van der Waals surface area contributed by atoms with Gasteiger partial charge in [0.15, 0.2) is 11.0 Å². The molecule has 1 atom stereocenters. The lowest BCUT2D eigenvalue weighted by atomic mass is 10.1. The highest BCUT2D eigenvalue weighted by atomic mass is 32.2. The maximum Gasteiger partial charge on any atom is 0.321 e. The second kappa shape index (κ2) is 8.09. The van der Waals surface area contributed by atoms with E-state index < -0.39 is 17.2 Å². The molecule has 9 heteroatoms. The number of carbonyl (C=O) groups is 2. The van der Waals surface area contributed by atoms with E-state index >= 15 is 0 Å². The zero-order chi connectivity index (χ0) is 19.4. The number of benzene rings is 1. The second-order valence-electron chi connectivity index (χ2n) is 5.73. The fourth-order valence-corrected chi connectivity index (χ4v) is 3.52. The highest BCUT2D eigenvalue weighted by Gasteiger charge is 2.26. The Bertz CT molecular complexity index is 951. The Balaban J connectivity index is 1.91. The first kappa shape index (κ1) is 18.7. The van der Waals surface area contributed by atoms with Crippen LogP contribution in [0.3, 0.4) is 0 Å². The molecule has 3 aromatic rings. The molecule has 0 aliphatic rings. The summed E-state index contributed by atoms with van der Waals surface area (Å²) in [5.74, 6) is 0.941. The van der Waals surface area contributed by atoms with Gasteiger partial charge in [0.25, 0.3) is 0 Å². The molecule has 1 aromatic carbocycles. The first-order valence-electron chi connectivity index (χ1n) is 8.19. The molecular formula is C18H19N5O3S. The molecule has 0 fully saturated rings. The molecule has 0 spiro atoms. The van der Waals surface area contributed by atoms with Crippen LogP contribution in [0.15, 0.2) is 52.2 Å². The molecule has 0 radical (unpaired) electrons. The van der Waals surface area contributed by atoms with E-state index in [2.05, 4.69) is 20.8 Å². The number of aromatic nitrogens is 3. The van der Waals surface area contributed by atoms with Crippen LogP contribution in [0.5, 0.6) is 0 Å². The van der Waals surface area contributed by atoms with Crippen molar-refractivity contribution < 1.29 is 14.0 Å². The van der Waals surface area contributed by atoms with Crippen molar-refractivity contribution in [2.24, 2.45) is 7.05 Å². The van der Waals surface area contributed by atoms with E-state index in [4.69, 9.17) is 4.42 Å².